The summed E-state index contributed by atoms with van der Waals surface area (Å²) >= 11 is 0. The topological polar surface area (TPSA) is 128 Å². The molecule has 208 valence electrons. The van der Waals surface area contributed by atoms with Gasteiger partial charge in [-0.25, -0.2) is 4.79 Å². The highest BCUT2D eigenvalue weighted by Gasteiger charge is 2.41. The summed E-state index contributed by atoms with van der Waals surface area (Å²) in [5.74, 6) is 0.433. The number of carbonyl (C=O) groups excluding carboxylic acids is 1. The molecule has 39 heavy (non-hydrogen) atoms. The lowest BCUT2D eigenvalue weighted by Crippen LogP contribution is -2.49. The van der Waals surface area contributed by atoms with E-state index in [4.69, 9.17) is 9.84 Å². The smallest absolute Gasteiger partial charge is 0.410 e. The fourth-order valence-corrected chi connectivity index (χ4v) is 4.98. The molecule has 1 saturated heterocycles. The van der Waals surface area contributed by atoms with E-state index in [1.807, 2.05) is 55.8 Å². The Morgan fingerprint density at radius 2 is 1.85 bits per heavy atom. The van der Waals surface area contributed by atoms with Gasteiger partial charge in [0.15, 0.2) is 5.82 Å². The number of hydrogen-bond acceptors (Lipinski definition) is 7. The van der Waals surface area contributed by atoms with Crippen LogP contribution >= 0.6 is 0 Å². The molecule has 0 atom stereocenters. The first-order chi connectivity index (χ1) is 18.7. The highest BCUT2D eigenvalue weighted by Crippen LogP contribution is 2.37. The van der Waals surface area contributed by atoms with Gasteiger partial charge in [0.2, 0.25) is 0 Å². The van der Waals surface area contributed by atoms with E-state index in [1.54, 1.807) is 11.1 Å². The van der Waals surface area contributed by atoms with E-state index in [9.17, 15) is 14.9 Å². The van der Waals surface area contributed by atoms with Gasteiger partial charge in [0, 0.05) is 37.2 Å². The van der Waals surface area contributed by atoms with Crippen LogP contribution in [0, 0.1) is 11.3 Å². The molecule has 3 N–H and O–H groups in total. The SMILES string of the molecule is CCCCCNc1ccc(Nc2nn(C3(CC#N)CCN(C(=O)OC(C)(C)C)CC3)c3cc[nH]c(=O)c23)cc1. The number of ether oxygens (including phenoxy) is 1. The summed E-state index contributed by atoms with van der Waals surface area (Å²) < 4.78 is 7.37. The lowest BCUT2D eigenvalue weighted by atomic mass is 9.85. The number of nitrogens with zero attached hydrogens (tertiary/aromatic N) is 4. The molecular weight excluding hydrogens is 494 g/mol. The summed E-state index contributed by atoms with van der Waals surface area (Å²) in [5.41, 5.74) is 0.991. The second-order valence-corrected chi connectivity index (χ2v) is 11.2. The van der Waals surface area contributed by atoms with Crippen LogP contribution in [0.15, 0.2) is 41.3 Å². The van der Waals surface area contributed by atoms with Crippen LogP contribution in [0.2, 0.25) is 0 Å². The molecule has 1 aromatic carbocycles. The number of likely N-dealkylation sites (tertiary alicyclic amines) is 1. The maximum absolute atomic E-state index is 13.0. The van der Waals surface area contributed by atoms with Crippen molar-refractivity contribution in [1.29, 1.82) is 5.26 Å². The number of hydrogen-bond donors (Lipinski definition) is 3. The van der Waals surface area contributed by atoms with E-state index in [2.05, 4.69) is 28.6 Å². The summed E-state index contributed by atoms with van der Waals surface area (Å²) in [5, 5.41) is 21.8. The molecule has 0 aliphatic carbocycles. The minimum Gasteiger partial charge on any atom is -0.444 e. The average Bonchev–Trinajstić information content (AvgIpc) is 3.27. The van der Waals surface area contributed by atoms with Crippen LogP contribution in [-0.2, 0) is 10.3 Å². The van der Waals surface area contributed by atoms with Crippen molar-refractivity contribution >= 4 is 34.2 Å². The molecule has 1 amide bonds. The molecule has 0 saturated carbocycles. The van der Waals surface area contributed by atoms with Crippen LogP contribution in [0.1, 0.15) is 66.2 Å². The largest absolute Gasteiger partial charge is 0.444 e. The molecule has 3 heterocycles. The van der Waals surface area contributed by atoms with Crippen molar-refractivity contribution in [2.24, 2.45) is 0 Å². The summed E-state index contributed by atoms with van der Waals surface area (Å²) in [4.78, 5) is 30.0. The van der Waals surface area contributed by atoms with Crippen molar-refractivity contribution in [1.82, 2.24) is 19.7 Å². The Hall–Kier alpha value is -4.00. The number of H-pyrrole nitrogens is 1. The summed E-state index contributed by atoms with van der Waals surface area (Å²) in [7, 11) is 0. The van der Waals surface area contributed by atoms with E-state index in [-0.39, 0.29) is 18.1 Å². The van der Waals surface area contributed by atoms with Crippen molar-refractivity contribution in [2.75, 3.05) is 30.3 Å². The lowest BCUT2D eigenvalue weighted by molar-refractivity contribution is 0.0110. The molecule has 0 radical (unpaired) electrons. The fraction of sp³-hybridized carbons (Fsp3) is 0.517. The number of fused-ring (bicyclic) bond motifs is 1. The number of amides is 1. The van der Waals surface area contributed by atoms with E-state index in [0.29, 0.717) is 42.7 Å². The fourth-order valence-electron chi connectivity index (χ4n) is 4.98. The van der Waals surface area contributed by atoms with Crippen molar-refractivity contribution in [3.8, 4) is 6.07 Å². The van der Waals surface area contributed by atoms with E-state index in [0.717, 1.165) is 24.3 Å². The van der Waals surface area contributed by atoms with Gasteiger partial charge in [0.1, 0.15) is 11.0 Å². The number of aromatic nitrogens is 3. The van der Waals surface area contributed by atoms with Gasteiger partial charge in [-0.3, -0.25) is 9.48 Å². The third kappa shape index (κ3) is 6.53. The summed E-state index contributed by atoms with van der Waals surface area (Å²) in [6.07, 6.45) is 5.98. The molecule has 4 rings (SSSR count). The number of benzene rings is 1. The summed E-state index contributed by atoms with van der Waals surface area (Å²) in [6.45, 7) is 9.49. The zero-order chi connectivity index (χ0) is 28.0. The van der Waals surface area contributed by atoms with Gasteiger partial charge >= 0.3 is 6.09 Å². The summed E-state index contributed by atoms with van der Waals surface area (Å²) in [6, 6.07) is 12.0. The van der Waals surface area contributed by atoms with Crippen LogP contribution in [-0.4, -0.2) is 51.0 Å². The van der Waals surface area contributed by atoms with Crippen LogP contribution in [0.5, 0.6) is 0 Å². The van der Waals surface area contributed by atoms with Gasteiger partial charge in [-0.2, -0.15) is 10.4 Å². The van der Waals surface area contributed by atoms with Gasteiger partial charge in [-0.15, -0.1) is 0 Å². The zero-order valence-electron chi connectivity index (χ0n) is 23.3. The Bertz CT molecular complexity index is 1370. The van der Waals surface area contributed by atoms with Gasteiger partial charge in [0.25, 0.3) is 5.56 Å². The zero-order valence-corrected chi connectivity index (χ0v) is 23.3. The number of nitrogens with one attached hydrogen (secondary N) is 3. The first-order valence-corrected chi connectivity index (χ1v) is 13.7. The average molecular weight is 534 g/mol. The Labute approximate surface area is 229 Å². The molecule has 10 heteroatoms. The third-order valence-electron chi connectivity index (χ3n) is 7.06. The predicted molar refractivity (Wildman–Crippen MR) is 153 cm³/mol. The Morgan fingerprint density at radius 1 is 1.15 bits per heavy atom. The number of carbonyl (C=O) groups is 1. The number of anilines is 3. The van der Waals surface area contributed by atoms with E-state index in [1.165, 1.54) is 12.8 Å². The molecule has 3 aromatic rings. The highest BCUT2D eigenvalue weighted by atomic mass is 16.6. The molecule has 1 aliphatic rings. The van der Waals surface area contributed by atoms with Gasteiger partial charge in [-0.05, 0) is 70.4 Å². The molecule has 10 nitrogen and oxygen atoms in total. The molecule has 1 aliphatic heterocycles. The van der Waals surface area contributed by atoms with E-state index < -0.39 is 11.1 Å². The Balaban J connectivity index is 1.59. The minimum atomic E-state index is -0.661. The first kappa shape index (κ1) is 28.0. The maximum atomic E-state index is 13.0. The monoisotopic (exact) mass is 533 g/mol. The van der Waals surface area contributed by atoms with Gasteiger partial charge < -0.3 is 25.3 Å². The standard InChI is InChI=1S/C29H39N7O3/c1-5-6-7-17-31-21-8-10-22(11-9-21)33-25-24-23(12-18-32-26(24)37)36(34-25)29(13-16-30)14-19-35(20-15-29)27(38)39-28(2,3)4/h8-12,18,31H,5-7,13-15,17,19-20H2,1-4H3,(H,32,37)(H,33,34). The molecule has 0 spiro atoms. The Morgan fingerprint density at radius 3 is 2.49 bits per heavy atom. The van der Waals surface area contributed by atoms with Gasteiger partial charge in [-0.1, -0.05) is 19.8 Å². The lowest BCUT2D eigenvalue weighted by Gasteiger charge is -2.41. The second kappa shape index (κ2) is 11.8. The molecular formula is C29H39N7O3. The van der Waals surface area contributed by atoms with Gasteiger partial charge in [0.05, 0.1) is 23.5 Å². The number of aromatic amines is 1. The maximum Gasteiger partial charge on any atom is 0.410 e. The molecule has 2 aromatic heterocycles. The third-order valence-corrected chi connectivity index (χ3v) is 7.06. The molecule has 0 unspecified atom stereocenters. The number of pyridine rings is 1. The highest BCUT2D eigenvalue weighted by molar-refractivity contribution is 5.91. The van der Waals surface area contributed by atoms with Crippen molar-refractivity contribution in [3.05, 3.63) is 46.9 Å². The molecule has 1 fully saturated rings. The second-order valence-electron chi connectivity index (χ2n) is 11.2. The van der Waals surface area contributed by atoms with Crippen molar-refractivity contribution in [3.63, 3.8) is 0 Å². The van der Waals surface area contributed by atoms with Crippen LogP contribution in [0.4, 0.5) is 22.0 Å². The van der Waals surface area contributed by atoms with Crippen molar-refractivity contribution < 1.29 is 9.53 Å². The van der Waals surface area contributed by atoms with Crippen molar-refractivity contribution in [2.45, 2.75) is 77.4 Å². The van der Waals surface area contributed by atoms with E-state index >= 15 is 0 Å². The Kier molecular flexibility index (Phi) is 8.48. The van der Waals surface area contributed by atoms with Crippen LogP contribution in [0.3, 0.4) is 0 Å². The number of piperidine rings is 1. The quantitative estimate of drug-likeness (QED) is 0.301. The minimum absolute atomic E-state index is 0.205. The molecule has 0 bridgehead atoms. The first-order valence-electron chi connectivity index (χ1n) is 13.7. The number of unbranched alkanes of at least 4 members (excludes halogenated alkanes) is 2. The number of rotatable bonds is 9. The predicted octanol–water partition coefficient (Wildman–Crippen LogP) is 5.71. The van der Waals surface area contributed by atoms with Crippen LogP contribution in [0.25, 0.3) is 10.9 Å². The number of nitriles is 1. The van der Waals surface area contributed by atoms with Crippen LogP contribution < -0.4 is 16.2 Å². The normalized spacial score (nSPS) is 15.1.